The van der Waals surface area contributed by atoms with Crippen LogP contribution in [0.3, 0.4) is 0 Å². The molecule has 7 nitrogen and oxygen atoms in total. The molecule has 1 unspecified atom stereocenters. The van der Waals surface area contributed by atoms with Crippen LogP contribution in [0, 0.1) is 6.92 Å². The average molecular weight is 435 g/mol. The highest BCUT2D eigenvalue weighted by atomic mass is 16.3. The summed E-state index contributed by atoms with van der Waals surface area (Å²) in [5.74, 6) is 2.05. The van der Waals surface area contributed by atoms with Crippen LogP contribution in [0.4, 0.5) is 0 Å². The molecule has 1 N–H and O–H groups in total. The van der Waals surface area contributed by atoms with Gasteiger partial charge in [0, 0.05) is 41.9 Å². The molecule has 2 saturated heterocycles. The Morgan fingerprint density at radius 3 is 2.72 bits per heavy atom. The van der Waals surface area contributed by atoms with Gasteiger partial charge < -0.3 is 19.2 Å². The molecule has 0 saturated carbocycles. The Morgan fingerprint density at radius 2 is 1.91 bits per heavy atom. The van der Waals surface area contributed by atoms with E-state index >= 15 is 0 Å². The number of fused-ring (bicyclic) bond motifs is 1. The number of nitrogens with zero attached hydrogens (tertiary/aromatic N) is 3. The van der Waals surface area contributed by atoms with E-state index in [1.54, 1.807) is 6.07 Å². The molecular formula is C25H30N4O3. The highest BCUT2D eigenvalue weighted by molar-refractivity contribution is 5.98. The summed E-state index contributed by atoms with van der Waals surface area (Å²) in [5, 5.41) is 0.945. The second-order valence-electron chi connectivity index (χ2n) is 9.33. The third kappa shape index (κ3) is 4.21. The lowest BCUT2D eigenvalue weighted by Gasteiger charge is -2.33. The molecule has 1 aromatic carbocycles. The molecule has 2 aliphatic heterocycles. The summed E-state index contributed by atoms with van der Waals surface area (Å²) in [6.07, 6.45) is 3.86. The lowest BCUT2D eigenvalue weighted by Crippen LogP contribution is -2.39. The fourth-order valence-corrected chi connectivity index (χ4v) is 5.08. The number of hydrogen-bond acceptors (Lipinski definition) is 5. The van der Waals surface area contributed by atoms with Gasteiger partial charge in [-0.1, -0.05) is 0 Å². The summed E-state index contributed by atoms with van der Waals surface area (Å²) in [4.78, 5) is 37.8. The largest absolute Gasteiger partial charge is 0.461 e. The first-order chi connectivity index (χ1) is 15.5. The Hall–Kier alpha value is -2.93. The Kier molecular flexibility index (Phi) is 5.59. The van der Waals surface area contributed by atoms with Gasteiger partial charge in [0.2, 0.25) is 0 Å². The number of hydrogen-bond donors (Lipinski definition) is 1. The number of likely N-dealkylation sites (tertiary alicyclic amines) is 2. The van der Waals surface area contributed by atoms with Crippen molar-refractivity contribution in [3.05, 3.63) is 63.5 Å². The summed E-state index contributed by atoms with van der Waals surface area (Å²) >= 11 is 0. The van der Waals surface area contributed by atoms with Gasteiger partial charge in [0.05, 0.1) is 5.69 Å². The van der Waals surface area contributed by atoms with Gasteiger partial charge >= 0.3 is 0 Å². The summed E-state index contributed by atoms with van der Waals surface area (Å²) in [6, 6.07) is 9.18. The Balaban J connectivity index is 1.35. The van der Waals surface area contributed by atoms with Crippen molar-refractivity contribution >= 4 is 16.9 Å². The summed E-state index contributed by atoms with van der Waals surface area (Å²) in [7, 11) is 2.13. The number of aromatic amines is 1. The SMILES string of the molecule is Cc1cc2cc(C(=O)N3CCCC(c4cc(=O)[nH]c(C5CCN(C)CC5)n4)C3)ccc2o1. The molecule has 168 valence electrons. The molecule has 7 heteroatoms. The molecule has 0 radical (unpaired) electrons. The quantitative estimate of drug-likeness (QED) is 0.680. The highest BCUT2D eigenvalue weighted by Gasteiger charge is 2.28. The predicted molar refractivity (Wildman–Crippen MR) is 123 cm³/mol. The van der Waals surface area contributed by atoms with Crippen molar-refractivity contribution in [1.29, 1.82) is 0 Å². The molecule has 0 spiro atoms. The summed E-state index contributed by atoms with van der Waals surface area (Å²) in [6.45, 7) is 5.26. The number of furan rings is 1. The number of rotatable bonds is 3. The van der Waals surface area contributed by atoms with Gasteiger partial charge in [-0.3, -0.25) is 9.59 Å². The van der Waals surface area contributed by atoms with Crippen LogP contribution in [0.25, 0.3) is 11.0 Å². The number of piperidine rings is 2. The molecular weight excluding hydrogens is 404 g/mol. The van der Waals surface area contributed by atoms with Crippen LogP contribution in [0.15, 0.2) is 39.5 Å². The van der Waals surface area contributed by atoms with Crippen LogP contribution in [0.1, 0.15) is 65.2 Å². The maximum atomic E-state index is 13.2. The normalized spacial score (nSPS) is 20.7. The van der Waals surface area contributed by atoms with E-state index in [1.807, 2.05) is 36.1 Å². The van der Waals surface area contributed by atoms with Crippen molar-refractivity contribution in [2.75, 3.05) is 33.2 Å². The fraction of sp³-hybridized carbons (Fsp3) is 0.480. The maximum absolute atomic E-state index is 13.2. The Labute approximate surface area is 187 Å². The monoisotopic (exact) mass is 434 g/mol. The van der Waals surface area contributed by atoms with E-state index < -0.39 is 0 Å². The molecule has 2 fully saturated rings. The maximum Gasteiger partial charge on any atom is 0.253 e. The van der Waals surface area contributed by atoms with Gasteiger partial charge in [-0.15, -0.1) is 0 Å². The molecule has 1 amide bonds. The van der Waals surface area contributed by atoms with Crippen molar-refractivity contribution in [2.24, 2.45) is 0 Å². The van der Waals surface area contributed by atoms with Crippen molar-refractivity contribution in [3.63, 3.8) is 0 Å². The third-order valence-corrected chi connectivity index (χ3v) is 6.90. The van der Waals surface area contributed by atoms with Crippen LogP contribution in [0.5, 0.6) is 0 Å². The van der Waals surface area contributed by atoms with Crippen molar-refractivity contribution in [3.8, 4) is 0 Å². The molecule has 32 heavy (non-hydrogen) atoms. The summed E-state index contributed by atoms with van der Waals surface area (Å²) in [5.41, 5.74) is 2.20. The lowest BCUT2D eigenvalue weighted by atomic mass is 9.92. The first kappa shape index (κ1) is 20.9. The first-order valence-electron chi connectivity index (χ1n) is 11.6. The van der Waals surface area contributed by atoms with Crippen molar-refractivity contribution in [1.82, 2.24) is 19.8 Å². The van der Waals surface area contributed by atoms with Gasteiger partial charge in [-0.25, -0.2) is 4.98 Å². The molecule has 4 heterocycles. The van der Waals surface area contributed by atoms with E-state index in [0.717, 1.165) is 73.6 Å². The second-order valence-corrected chi connectivity index (χ2v) is 9.33. The van der Waals surface area contributed by atoms with Crippen LogP contribution in [-0.2, 0) is 0 Å². The van der Waals surface area contributed by atoms with Crippen molar-refractivity contribution < 1.29 is 9.21 Å². The fourth-order valence-electron chi connectivity index (χ4n) is 5.08. The number of amides is 1. The third-order valence-electron chi connectivity index (χ3n) is 6.90. The minimum absolute atomic E-state index is 0.0239. The van der Waals surface area contributed by atoms with E-state index in [1.165, 1.54) is 0 Å². The minimum atomic E-state index is -0.0897. The van der Waals surface area contributed by atoms with Crippen LogP contribution in [0.2, 0.25) is 0 Å². The van der Waals surface area contributed by atoms with Crippen LogP contribution in [-0.4, -0.2) is 58.9 Å². The van der Waals surface area contributed by atoms with E-state index in [4.69, 9.17) is 9.40 Å². The van der Waals surface area contributed by atoms with E-state index in [9.17, 15) is 9.59 Å². The Morgan fingerprint density at radius 1 is 1.09 bits per heavy atom. The Bertz CT molecular complexity index is 1190. The predicted octanol–water partition coefficient (Wildman–Crippen LogP) is 3.65. The molecule has 1 atom stereocenters. The molecule has 2 aromatic heterocycles. The number of nitrogens with one attached hydrogen (secondary N) is 1. The number of carbonyl (C=O) groups excluding carboxylic acids is 1. The topological polar surface area (TPSA) is 82.4 Å². The average Bonchev–Trinajstić information content (AvgIpc) is 3.18. The summed E-state index contributed by atoms with van der Waals surface area (Å²) < 4.78 is 5.63. The minimum Gasteiger partial charge on any atom is -0.461 e. The number of benzene rings is 1. The number of H-pyrrole nitrogens is 1. The zero-order chi connectivity index (χ0) is 22.2. The second kappa shape index (κ2) is 8.54. The molecule has 0 aliphatic carbocycles. The molecule has 5 rings (SSSR count). The lowest BCUT2D eigenvalue weighted by molar-refractivity contribution is 0.0706. The zero-order valence-corrected chi connectivity index (χ0v) is 18.8. The zero-order valence-electron chi connectivity index (χ0n) is 18.8. The van der Waals surface area contributed by atoms with E-state index in [2.05, 4.69) is 16.9 Å². The first-order valence-corrected chi connectivity index (χ1v) is 11.6. The standard InChI is InChI=1S/C25H30N4O3/c1-16-12-20-13-18(5-6-22(20)32-16)25(31)29-9-3-4-19(15-29)21-14-23(30)27-24(26-21)17-7-10-28(2)11-8-17/h5-6,12-14,17,19H,3-4,7-11,15H2,1-2H3,(H,26,27,30). The number of carbonyl (C=O) groups is 1. The van der Waals surface area contributed by atoms with E-state index in [-0.39, 0.29) is 17.4 Å². The van der Waals surface area contributed by atoms with Gasteiger partial charge in [-0.2, -0.15) is 0 Å². The van der Waals surface area contributed by atoms with Gasteiger partial charge in [0.25, 0.3) is 11.5 Å². The smallest absolute Gasteiger partial charge is 0.253 e. The van der Waals surface area contributed by atoms with Crippen LogP contribution >= 0.6 is 0 Å². The molecule has 2 aliphatic rings. The molecule has 0 bridgehead atoms. The van der Waals surface area contributed by atoms with Crippen LogP contribution < -0.4 is 5.56 Å². The number of aryl methyl sites for hydroxylation is 1. The van der Waals surface area contributed by atoms with Gasteiger partial charge in [0.1, 0.15) is 17.2 Å². The van der Waals surface area contributed by atoms with E-state index in [0.29, 0.717) is 18.0 Å². The highest BCUT2D eigenvalue weighted by Crippen LogP contribution is 2.29. The van der Waals surface area contributed by atoms with Gasteiger partial charge in [0.15, 0.2) is 0 Å². The van der Waals surface area contributed by atoms with Crippen molar-refractivity contribution in [2.45, 2.75) is 44.4 Å². The van der Waals surface area contributed by atoms with Gasteiger partial charge in [-0.05, 0) is 77.0 Å². The number of aromatic nitrogens is 2. The molecule has 3 aromatic rings.